The molecule has 1 aromatic rings. The van der Waals surface area contributed by atoms with E-state index < -0.39 is 6.23 Å². The number of azo groups is 1. The predicted octanol–water partition coefficient (Wildman–Crippen LogP) is 1.88. The van der Waals surface area contributed by atoms with Gasteiger partial charge in [-0.25, -0.2) is 0 Å². The summed E-state index contributed by atoms with van der Waals surface area (Å²) < 4.78 is 5.29. The first-order valence-electron chi connectivity index (χ1n) is 4.67. The average molecular weight is 211 g/mol. The smallest absolute Gasteiger partial charge is 0.295 e. The number of Topliss-reactive ketones (excluding diaryl/α,β-unsaturated/α-hetero) is 1. The van der Waals surface area contributed by atoms with E-state index in [0.717, 1.165) is 0 Å². The summed E-state index contributed by atoms with van der Waals surface area (Å²) in [7, 11) is 0. The molecule has 1 heterocycles. The molecule has 0 aromatic heterocycles. The van der Waals surface area contributed by atoms with E-state index in [1.807, 2.05) is 6.07 Å². The first-order chi connectivity index (χ1) is 7.81. The molecule has 3 rings (SSSR count). The van der Waals surface area contributed by atoms with Crippen molar-refractivity contribution in [3.05, 3.63) is 41.1 Å². The molecule has 0 saturated carbocycles. The van der Waals surface area contributed by atoms with Crippen LogP contribution in [0.2, 0.25) is 0 Å². The maximum Gasteiger partial charge on any atom is 0.295 e. The summed E-state index contributed by atoms with van der Waals surface area (Å²) >= 11 is 0. The second kappa shape index (κ2) is 3.00. The molecule has 1 aliphatic carbocycles. The molecule has 5 nitrogen and oxygen atoms in total. The normalized spacial score (nSPS) is 21.2. The highest BCUT2D eigenvalue weighted by molar-refractivity contribution is 6.19. The van der Waals surface area contributed by atoms with E-state index >= 15 is 0 Å². The predicted molar refractivity (Wildman–Crippen MR) is 53.0 cm³/mol. The SMILES string of the molecule is N#CC1N=NC2=C(O1)c1ccccc1C2=O. The fraction of sp³-hybridized carbons (Fsp3) is 0.0909. The lowest BCUT2D eigenvalue weighted by atomic mass is 10.1. The molecule has 76 valence electrons. The van der Waals surface area contributed by atoms with E-state index in [9.17, 15) is 4.79 Å². The number of carbonyl (C=O) groups is 1. The van der Waals surface area contributed by atoms with Gasteiger partial charge in [0.25, 0.3) is 6.23 Å². The minimum Gasteiger partial charge on any atom is -0.451 e. The van der Waals surface area contributed by atoms with E-state index in [2.05, 4.69) is 10.2 Å². The molecule has 0 spiro atoms. The minimum atomic E-state index is -0.960. The van der Waals surface area contributed by atoms with E-state index in [-0.39, 0.29) is 11.5 Å². The maximum atomic E-state index is 11.9. The number of ether oxygens (including phenoxy) is 1. The van der Waals surface area contributed by atoms with E-state index in [1.165, 1.54) is 0 Å². The Hall–Kier alpha value is -2.48. The van der Waals surface area contributed by atoms with Crippen LogP contribution in [-0.4, -0.2) is 12.0 Å². The molecular formula is C11H5N3O2. The Kier molecular flexibility index (Phi) is 1.65. The lowest BCUT2D eigenvalue weighted by molar-refractivity contribution is 0.102. The van der Waals surface area contributed by atoms with Crippen molar-refractivity contribution >= 4 is 11.5 Å². The Morgan fingerprint density at radius 1 is 1.31 bits per heavy atom. The Morgan fingerprint density at radius 2 is 2.06 bits per heavy atom. The number of nitriles is 1. The average Bonchev–Trinajstić information content (AvgIpc) is 2.64. The zero-order valence-electron chi connectivity index (χ0n) is 8.04. The highest BCUT2D eigenvalue weighted by Crippen LogP contribution is 2.37. The monoisotopic (exact) mass is 211 g/mol. The van der Waals surface area contributed by atoms with Crippen LogP contribution in [0.1, 0.15) is 15.9 Å². The van der Waals surface area contributed by atoms with Crippen molar-refractivity contribution in [2.75, 3.05) is 0 Å². The van der Waals surface area contributed by atoms with Crippen molar-refractivity contribution in [2.45, 2.75) is 6.23 Å². The quantitative estimate of drug-likeness (QED) is 0.657. The van der Waals surface area contributed by atoms with Crippen LogP contribution >= 0.6 is 0 Å². The highest BCUT2D eigenvalue weighted by Gasteiger charge is 2.35. The number of hydrogen-bond donors (Lipinski definition) is 0. The number of benzene rings is 1. The number of rotatable bonds is 0. The highest BCUT2D eigenvalue weighted by atomic mass is 16.5. The Balaban J connectivity index is 2.17. The molecule has 16 heavy (non-hydrogen) atoms. The third-order valence-corrected chi connectivity index (χ3v) is 2.45. The number of nitrogens with zero attached hydrogens (tertiary/aromatic N) is 3. The lowest BCUT2D eigenvalue weighted by Crippen LogP contribution is -2.10. The van der Waals surface area contributed by atoms with Gasteiger partial charge in [-0.2, -0.15) is 5.26 Å². The molecule has 0 N–H and O–H groups in total. The number of allylic oxidation sites excluding steroid dienone is 1. The van der Waals surface area contributed by atoms with Crippen LogP contribution in [-0.2, 0) is 4.74 Å². The topological polar surface area (TPSA) is 74.8 Å². The van der Waals surface area contributed by atoms with Crippen molar-refractivity contribution in [3.8, 4) is 6.07 Å². The summed E-state index contributed by atoms with van der Waals surface area (Å²) in [6.07, 6.45) is -0.960. The van der Waals surface area contributed by atoms with Gasteiger partial charge in [-0.05, 0) is 0 Å². The Morgan fingerprint density at radius 3 is 2.81 bits per heavy atom. The van der Waals surface area contributed by atoms with E-state index in [1.54, 1.807) is 24.3 Å². The molecule has 1 aliphatic heterocycles. The first kappa shape index (κ1) is 8.80. The van der Waals surface area contributed by atoms with Gasteiger partial charge in [0.1, 0.15) is 6.07 Å². The fourth-order valence-corrected chi connectivity index (χ4v) is 1.75. The van der Waals surface area contributed by atoms with Gasteiger partial charge in [0.15, 0.2) is 11.5 Å². The van der Waals surface area contributed by atoms with Gasteiger partial charge in [0.05, 0.1) is 0 Å². The number of hydrogen-bond acceptors (Lipinski definition) is 5. The van der Waals surface area contributed by atoms with Crippen LogP contribution in [0.15, 0.2) is 40.2 Å². The summed E-state index contributed by atoms with van der Waals surface area (Å²) in [4.78, 5) is 11.9. The summed E-state index contributed by atoms with van der Waals surface area (Å²) in [6.45, 7) is 0. The van der Waals surface area contributed by atoms with Gasteiger partial charge < -0.3 is 4.74 Å². The fourth-order valence-electron chi connectivity index (χ4n) is 1.75. The standard InChI is InChI=1S/C11H5N3O2/c12-5-8-13-14-9-10(15)6-3-1-2-4-7(6)11(9)16-8/h1-4,8H. The molecule has 0 saturated heterocycles. The third-order valence-electron chi connectivity index (χ3n) is 2.45. The second-order valence-corrected chi connectivity index (χ2v) is 3.37. The number of fused-ring (bicyclic) bond motifs is 2. The zero-order valence-corrected chi connectivity index (χ0v) is 8.04. The summed E-state index contributed by atoms with van der Waals surface area (Å²) in [5.74, 6) is 0.160. The largest absolute Gasteiger partial charge is 0.451 e. The van der Waals surface area contributed by atoms with Crippen LogP contribution in [0, 0.1) is 11.3 Å². The molecule has 5 heteroatoms. The molecule has 2 aliphatic rings. The molecular weight excluding hydrogens is 206 g/mol. The third kappa shape index (κ3) is 1.01. The van der Waals surface area contributed by atoms with Crippen molar-refractivity contribution in [3.63, 3.8) is 0 Å². The van der Waals surface area contributed by atoms with E-state index in [4.69, 9.17) is 10.00 Å². The minimum absolute atomic E-state index is 0.188. The van der Waals surface area contributed by atoms with Gasteiger partial charge >= 0.3 is 0 Å². The molecule has 0 fully saturated rings. The number of ketones is 1. The first-order valence-corrected chi connectivity index (χ1v) is 4.67. The molecule has 0 radical (unpaired) electrons. The van der Waals surface area contributed by atoms with Crippen LogP contribution < -0.4 is 0 Å². The van der Waals surface area contributed by atoms with Crippen LogP contribution in [0.25, 0.3) is 5.76 Å². The van der Waals surface area contributed by atoms with Crippen molar-refractivity contribution < 1.29 is 9.53 Å². The molecule has 1 aromatic carbocycles. The van der Waals surface area contributed by atoms with Crippen LogP contribution in [0.5, 0.6) is 0 Å². The van der Waals surface area contributed by atoms with E-state index in [0.29, 0.717) is 16.9 Å². The molecule has 1 atom stereocenters. The van der Waals surface area contributed by atoms with Crippen molar-refractivity contribution in [1.82, 2.24) is 0 Å². The summed E-state index contributed by atoms with van der Waals surface area (Å²) in [5, 5.41) is 16.0. The number of carbonyl (C=O) groups excluding carboxylic acids is 1. The lowest BCUT2D eigenvalue weighted by Gasteiger charge is -2.12. The summed E-state index contributed by atoms with van der Waals surface area (Å²) in [6, 6.07) is 8.88. The Bertz CT molecular complexity index is 595. The van der Waals surface area contributed by atoms with Gasteiger partial charge in [0.2, 0.25) is 5.78 Å². The van der Waals surface area contributed by atoms with Gasteiger partial charge in [-0.3, -0.25) is 4.79 Å². The van der Waals surface area contributed by atoms with Crippen molar-refractivity contribution in [1.29, 1.82) is 5.26 Å². The molecule has 0 amide bonds. The van der Waals surface area contributed by atoms with Gasteiger partial charge in [0, 0.05) is 11.1 Å². The maximum absolute atomic E-state index is 11.9. The summed E-state index contributed by atoms with van der Waals surface area (Å²) in [5.41, 5.74) is 1.42. The molecule has 1 unspecified atom stereocenters. The van der Waals surface area contributed by atoms with Crippen molar-refractivity contribution in [2.24, 2.45) is 10.2 Å². The second-order valence-electron chi connectivity index (χ2n) is 3.37. The molecule has 0 bridgehead atoms. The van der Waals surface area contributed by atoms with Crippen LogP contribution in [0.3, 0.4) is 0 Å². The zero-order chi connectivity index (χ0) is 11.1. The Labute approximate surface area is 90.7 Å². The van der Waals surface area contributed by atoms with Gasteiger partial charge in [-0.15, -0.1) is 10.2 Å². The van der Waals surface area contributed by atoms with Gasteiger partial charge in [-0.1, -0.05) is 24.3 Å². The van der Waals surface area contributed by atoms with Crippen LogP contribution in [0.4, 0.5) is 0 Å².